The van der Waals surface area contributed by atoms with Crippen molar-refractivity contribution in [2.75, 3.05) is 12.2 Å². The average Bonchev–Trinajstić information content (AvgIpc) is 3.37. The van der Waals surface area contributed by atoms with E-state index in [-0.39, 0.29) is 17.5 Å². The number of aromatic nitrogens is 4. The van der Waals surface area contributed by atoms with Gasteiger partial charge in [0.05, 0.1) is 10.2 Å². The molecular formula is C22H19BrN4O3S. The first kappa shape index (κ1) is 21.3. The number of aryl methyl sites for hydroxylation is 2. The third-order valence-electron chi connectivity index (χ3n) is 4.57. The number of carbonyl (C=O) groups excluding carboxylic acids is 1. The van der Waals surface area contributed by atoms with Gasteiger partial charge in [0, 0.05) is 5.56 Å². The van der Waals surface area contributed by atoms with Gasteiger partial charge in [0.1, 0.15) is 11.6 Å². The van der Waals surface area contributed by atoms with Crippen LogP contribution >= 0.6 is 27.7 Å². The fourth-order valence-electron chi connectivity index (χ4n) is 3.08. The molecule has 0 saturated heterocycles. The number of nitrogens with zero attached hydrogens (tertiary/aromatic N) is 4. The van der Waals surface area contributed by atoms with Crippen LogP contribution in [0, 0.1) is 13.8 Å². The molecule has 0 radical (unpaired) electrons. The molecule has 0 unspecified atom stereocenters. The largest absolute Gasteiger partial charge is 0.450 e. The molecule has 2 heterocycles. The molecule has 0 spiro atoms. The van der Waals surface area contributed by atoms with Gasteiger partial charge in [-0.3, -0.25) is 0 Å². The maximum atomic E-state index is 12.6. The number of carbonyl (C=O) groups is 1. The van der Waals surface area contributed by atoms with Crippen molar-refractivity contribution in [2.24, 2.45) is 0 Å². The standard InChI is InChI=1S/C22H19BrN4O3S/c1-13-7-6-9-15(11-13)20-24-25-21(30-20)19-17(23)18(22(28)29-12-31-3)26-27(19)16-10-5-4-8-14(16)2/h4-11H,12H2,1-3H3. The van der Waals surface area contributed by atoms with Gasteiger partial charge in [-0.05, 0) is 59.8 Å². The molecule has 0 saturated carbocycles. The van der Waals surface area contributed by atoms with Gasteiger partial charge in [-0.1, -0.05) is 35.9 Å². The second-order valence-electron chi connectivity index (χ2n) is 6.83. The molecule has 0 aliphatic carbocycles. The zero-order valence-corrected chi connectivity index (χ0v) is 19.5. The van der Waals surface area contributed by atoms with Crippen LogP contribution < -0.4 is 0 Å². The summed E-state index contributed by atoms with van der Waals surface area (Å²) >= 11 is 4.92. The fourth-order valence-corrected chi connectivity index (χ4v) is 3.89. The minimum Gasteiger partial charge on any atom is -0.450 e. The molecular weight excluding hydrogens is 480 g/mol. The van der Waals surface area contributed by atoms with Crippen LogP contribution in [0.5, 0.6) is 0 Å². The van der Waals surface area contributed by atoms with Crippen molar-refractivity contribution in [3.05, 3.63) is 69.8 Å². The quantitative estimate of drug-likeness (QED) is 0.258. The van der Waals surface area contributed by atoms with Crippen molar-refractivity contribution >= 4 is 33.7 Å². The number of thioether (sulfide) groups is 1. The summed E-state index contributed by atoms with van der Waals surface area (Å²) in [6.45, 7) is 3.96. The van der Waals surface area contributed by atoms with E-state index >= 15 is 0 Å². The highest BCUT2D eigenvalue weighted by Gasteiger charge is 2.28. The Morgan fingerprint density at radius 2 is 1.90 bits per heavy atom. The lowest BCUT2D eigenvalue weighted by molar-refractivity contribution is 0.0571. The average molecular weight is 499 g/mol. The second-order valence-corrected chi connectivity index (χ2v) is 8.44. The van der Waals surface area contributed by atoms with Crippen molar-refractivity contribution < 1.29 is 13.9 Å². The normalized spacial score (nSPS) is 11.0. The highest BCUT2D eigenvalue weighted by molar-refractivity contribution is 9.10. The SMILES string of the molecule is CSCOC(=O)c1nn(-c2ccccc2C)c(-c2nnc(-c3cccc(C)c3)o2)c1Br. The van der Waals surface area contributed by atoms with Crippen LogP contribution in [-0.4, -0.2) is 38.1 Å². The molecule has 158 valence electrons. The van der Waals surface area contributed by atoms with Crippen molar-refractivity contribution in [1.29, 1.82) is 0 Å². The summed E-state index contributed by atoms with van der Waals surface area (Å²) in [6.07, 6.45) is 1.85. The molecule has 0 atom stereocenters. The Balaban J connectivity index is 1.86. The molecule has 0 aliphatic heterocycles. The van der Waals surface area contributed by atoms with Crippen molar-refractivity contribution in [1.82, 2.24) is 20.0 Å². The fraction of sp³-hybridized carbons (Fsp3) is 0.182. The molecule has 0 N–H and O–H groups in total. The number of rotatable bonds is 6. The van der Waals surface area contributed by atoms with E-state index in [1.807, 2.05) is 68.6 Å². The smallest absolute Gasteiger partial charge is 0.360 e. The van der Waals surface area contributed by atoms with Crippen LogP contribution in [0.1, 0.15) is 21.6 Å². The van der Waals surface area contributed by atoms with Crippen molar-refractivity contribution in [3.8, 4) is 28.7 Å². The molecule has 4 aromatic rings. The van der Waals surface area contributed by atoms with E-state index in [0.717, 1.165) is 22.4 Å². The Kier molecular flexibility index (Phi) is 6.24. The van der Waals surface area contributed by atoms with E-state index in [2.05, 4.69) is 31.2 Å². The Labute approximate surface area is 192 Å². The van der Waals surface area contributed by atoms with Gasteiger partial charge in [0.15, 0.2) is 5.69 Å². The number of para-hydroxylation sites is 1. The van der Waals surface area contributed by atoms with Crippen molar-refractivity contribution in [3.63, 3.8) is 0 Å². The number of halogens is 1. The van der Waals surface area contributed by atoms with Crippen LogP contribution in [0.3, 0.4) is 0 Å². The summed E-state index contributed by atoms with van der Waals surface area (Å²) < 4.78 is 13.3. The Morgan fingerprint density at radius 1 is 1.13 bits per heavy atom. The van der Waals surface area contributed by atoms with Gasteiger partial charge >= 0.3 is 5.97 Å². The molecule has 0 aliphatic rings. The van der Waals surface area contributed by atoms with Crippen LogP contribution in [0.2, 0.25) is 0 Å². The van der Waals surface area contributed by atoms with E-state index < -0.39 is 5.97 Å². The molecule has 2 aromatic heterocycles. The topological polar surface area (TPSA) is 83.0 Å². The zero-order chi connectivity index (χ0) is 22.0. The lowest BCUT2D eigenvalue weighted by atomic mass is 10.1. The summed E-state index contributed by atoms with van der Waals surface area (Å²) in [7, 11) is 0. The van der Waals surface area contributed by atoms with Gasteiger partial charge in [0.2, 0.25) is 5.89 Å². The van der Waals surface area contributed by atoms with Crippen molar-refractivity contribution in [2.45, 2.75) is 13.8 Å². The van der Waals surface area contributed by atoms with Crippen LogP contribution in [0.15, 0.2) is 57.4 Å². The van der Waals surface area contributed by atoms with Gasteiger partial charge in [0.25, 0.3) is 5.89 Å². The van der Waals surface area contributed by atoms with Gasteiger partial charge in [-0.25, -0.2) is 9.48 Å². The molecule has 0 bridgehead atoms. The lowest BCUT2D eigenvalue weighted by Crippen LogP contribution is -2.07. The number of hydrogen-bond donors (Lipinski definition) is 0. The van der Waals surface area contributed by atoms with E-state index in [1.165, 1.54) is 11.8 Å². The van der Waals surface area contributed by atoms with Crippen LogP contribution in [-0.2, 0) is 4.74 Å². The first-order valence-corrected chi connectivity index (χ1v) is 11.6. The summed E-state index contributed by atoms with van der Waals surface area (Å²) in [4.78, 5) is 12.6. The number of hydrogen-bond acceptors (Lipinski definition) is 7. The highest BCUT2D eigenvalue weighted by Crippen LogP contribution is 2.35. The van der Waals surface area contributed by atoms with Gasteiger partial charge in [-0.2, -0.15) is 5.10 Å². The van der Waals surface area contributed by atoms with E-state index in [9.17, 15) is 4.79 Å². The third-order valence-corrected chi connectivity index (χ3v) is 5.67. The zero-order valence-electron chi connectivity index (χ0n) is 17.1. The number of esters is 1. The van der Waals surface area contributed by atoms with E-state index in [4.69, 9.17) is 9.15 Å². The summed E-state index contributed by atoms with van der Waals surface area (Å²) in [5, 5.41) is 13.0. The molecule has 4 rings (SSSR count). The molecule has 0 fully saturated rings. The number of benzene rings is 2. The van der Waals surface area contributed by atoms with Crippen LogP contribution in [0.4, 0.5) is 0 Å². The molecule has 0 amide bonds. The Hall–Kier alpha value is -2.91. The van der Waals surface area contributed by atoms with Gasteiger partial charge in [-0.15, -0.1) is 22.0 Å². The van der Waals surface area contributed by atoms with Gasteiger partial charge < -0.3 is 9.15 Å². The highest BCUT2D eigenvalue weighted by atomic mass is 79.9. The van der Waals surface area contributed by atoms with E-state index in [0.29, 0.717) is 16.1 Å². The predicted octanol–water partition coefficient (Wildman–Crippen LogP) is 5.45. The summed E-state index contributed by atoms with van der Waals surface area (Å²) in [5.74, 6) is 0.321. The predicted molar refractivity (Wildman–Crippen MR) is 123 cm³/mol. The number of ether oxygens (including phenoxy) is 1. The second kappa shape index (κ2) is 9.07. The first-order chi connectivity index (χ1) is 15.0. The monoisotopic (exact) mass is 498 g/mol. The maximum Gasteiger partial charge on any atom is 0.360 e. The molecule has 7 nitrogen and oxygen atoms in total. The Bertz CT molecular complexity index is 1250. The minimum atomic E-state index is -0.534. The third kappa shape index (κ3) is 4.28. The van der Waals surface area contributed by atoms with Crippen LogP contribution in [0.25, 0.3) is 28.7 Å². The first-order valence-electron chi connectivity index (χ1n) is 9.41. The molecule has 2 aromatic carbocycles. The maximum absolute atomic E-state index is 12.6. The Morgan fingerprint density at radius 3 is 2.65 bits per heavy atom. The summed E-state index contributed by atoms with van der Waals surface area (Å²) in [6, 6.07) is 15.5. The summed E-state index contributed by atoms with van der Waals surface area (Å²) in [5.41, 5.74) is 4.29. The minimum absolute atomic E-state index is 0.141. The molecule has 31 heavy (non-hydrogen) atoms. The molecule has 9 heteroatoms. The van der Waals surface area contributed by atoms with E-state index in [1.54, 1.807) is 4.68 Å². The lowest BCUT2D eigenvalue weighted by Gasteiger charge is -2.08.